The summed E-state index contributed by atoms with van der Waals surface area (Å²) in [4.78, 5) is 35.2. The number of aliphatic hydroxyl groups excluding tert-OH is 1. The van der Waals surface area contributed by atoms with Crippen LogP contribution in [-0.4, -0.2) is 53.5 Å². The van der Waals surface area contributed by atoms with Gasteiger partial charge < -0.3 is 25.6 Å². The van der Waals surface area contributed by atoms with E-state index in [-0.39, 0.29) is 36.9 Å². The molecule has 2 aliphatic rings. The summed E-state index contributed by atoms with van der Waals surface area (Å²) < 4.78 is 5.55. The highest BCUT2D eigenvalue weighted by molar-refractivity contribution is 5.81. The zero-order valence-corrected chi connectivity index (χ0v) is 17.5. The van der Waals surface area contributed by atoms with E-state index in [9.17, 15) is 19.5 Å². The van der Waals surface area contributed by atoms with E-state index < -0.39 is 18.2 Å². The molecule has 1 saturated carbocycles. The summed E-state index contributed by atoms with van der Waals surface area (Å²) in [6.07, 6.45) is -0.499. The summed E-state index contributed by atoms with van der Waals surface area (Å²) in [6, 6.07) is 16.0. The minimum atomic E-state index is -1.63. The number of benzene rings is 2. The van der Waals surface area contributed by atoms with E-state index in [4.69, 9.17) is 9.84 Å². The maximum atomic E-state index is 12.4. The van der Waals surface area contributed by atoms with Crippen LogP contribution in [0, 0.1) is 5.92 Å². The Morgan fingerprint density at radius 2 is 1.62 bits per heavy atom. The number of rotatable bonds is 7. The number of carbonyl (C=O) groups is 3. The normalized spacial score (nSPS) is 20.2. The monoisotopic (exact) mass is 438 g/mol. The fourth-order valence-corrected chi connectivity index (χ4v) is 4.59. The number of aliphatic carboxylic acids is 1. The third-order valence-electron chi connectivity index (χ3n) is 6.22. The van der Waals surface area contributed by atoms with Crippen LogP contribution in [0.1, 0.15) is 36.3 Å². The number of carbonyl (C=O) groups excluding carboxylic acids is 2. The molecule has 0 radical (unpaired) electrons. The van der Waals surface area contributed by atoms with Crippen LogP contribution in [0.3, 0.4) is 0 Å². The summed E-state index contributed by atoms with van der Waals surface area (Å²) in [6.45, 7) is -0.112. The van der Waals surface area contributed by atoms with E-state index >= 15 is 0 Å². The van der Waals surface area contributed by atoms with Crippen LogP contribution in [0.2, 0.25) is 0 Å². The average Bonchev–Trinajstić information content (AvgIpc) is 3.38. The van der Waals surface area contributed by atoms with Gasteiger partial charge in [-0.05, 0) is 41.5 Å². The predicted molar refractivity (Wildman–Crippen MR) is 116 cm³/mol. The minimum absolute atomic E-state index is 0.0177. The number of ether oxygens (including phenoxy) is 1. The number of carboxylic acid groups (broad SMARTS) is 1. The second-order valence-corrected chi connectivity index (χ2v) is 8.28. The van der Waals surface area contributed by atoms with E-state index in [1.54, 1.807) is 0 Å². The van der Waals surface area contributed by atoms with Gasteiger partial charge in [0.25, 0.3) is 0 Å². The number of hydrogen-bond donors (Lipinski definition) is 4. The quantitative estimate of drug-likeness (QED) is 0.526. The third-order valence-corrected chi connectivity index (χ3v) is 6.22. The molecule has 1 fully saturated rings. The lowest BCUT2D eigenvalue weighted by molar-refractivity contribution is -0.146. The number of aliphatic hydroxyl groups is 1. The molecule has 4 N–H and O–H groups in total. The van der Waals surface area contributed by atoms with Crippen molar-refractivity contribution in [2.75, 3.05) is 13.2 Å². The fourth-order valence-electron chi connectivity index (χ4n) is 4.59. The van der Waals surface area contributed by atoms with Crippen LogP contribution in [0.5, 0.6) is 0 Å². The van der Waals surface area contributed by atoms with Gasteiger partial charge in [-0.1, -0.05) is 48.5 Å². The molecular formula is C24H26N2O6. The number of alkyl carbamates (subject to hydrolysis) is 1. The number of carboxylic acids is 1. The van der Waals surface area contributed by atoms with Crippen LogP contribution in [0.4, 0.5) is 4.79 Å². The summed E-state index contributed by atoms with van der Waals surface area (Å²) in [5.74, 6) is -2.06. The lowest BCUT2D eigenvalue weighted by Gasteiger charge is -2.17. The molecule has 0 aromatic heterocycles. The molecule has 3 atom stereocenters. The molecule has 0 unspecified atom stereocenters. The van der Waals surface area contributed by atoms with Crippen LogP contribution in [0.15, 0.2) is 48.5 Å². The van der Waals surface area contributed by atoms with Gasteiger partial charge >= 0.3 is 12.1 Å². The molecule has 8 heteroatoms. The van der Waals surface area contributed by atoms with Crippen molar-refractivity contribution < 1.29 is 29.3 Å². The molecule has 0 aliphatic heterocycles. The highest BCUT2D eigenvalue weighted by atomic mass is 16.5. The highest BCUT2D eigenvalue weighted by Gasteiger charge is 2.33. The van der Waals surface area contributed by atoms with Crippen molar-refractivity contribution in [2.45, 2.75) is 37.3 Å². The summed E-state index contributed by atoms with van der Waals surface area (Å²) in [5, 5.41) is 23.2. The predicted octanol–water partition coefficient (Wildman–Crippen LogP) is 2.26. The molecule has 8 nitrogen and oxygen atoms in total. The zero-order chi connectivity index (χ0) is 22.7. The molecule has 0 spiro atoms. The molecule has 2 amide bonds. The van der Waals surface area contributed by atoms with Gasteiger partial charge in [0.2, 0.25) is 5.91 Å². The van der Waals surface area contributed by atoms with E-state index in [0.29, 0.717) is 19.3 Å². The van der Waals surface area contributed by atoms with E-state index in [2.05, 4.69) is 34.9 Å². The third kappa shape index (κ3) is 4.60. The van der Waals surface area contributed by atoms with Crippen LogP contribution in [0.25, 0.3) is 11.1 Å². The smallest absolute Gasteiger partial charge is 0.407 e. The standard InChI is InChI=1S/C24H26N2O6/c27-21(23(29)30)12-25-22(28)14-9-10-15(11-14)26-24(31)32-13-20-18-7-3-1-5-16(18)17-6-2-4-8-19(17)20/h1-8,14-15,20-21,27H,9-13H2,(H,25,28)(H,26,31)(H,29,30)/t14-,15+,21+/m1/s1. The summed E-state index contributed by atoms with van der Waals surface area (Å²) in [7, 11) is 0. The van der Waals surface area contributed by atoms with Gasteiger partial charge in [0.05, 0.1) is 6.54 Å². The Morgan fingerprint density at radius 1 is 1.00 bits per heavy atom. The van der Waals surface area contributed by atoms with Crippen molar-refractivity contribution in [2.24, 2.45) is 5.92 Å². The molecule has 0 bridgehead atoms. The van der Waals surface area contributed by atoms with E-state index in [0.717, 1.165) is 22.3 Å². The molecule has 2 aliphatic carbocycles. The van der Waals surface area contributed by atoms with Crippen molar-refractivity contribution >= 4 is 18.0 Å². The van der Waals surface area contributed by atoms with Gasteiger partial charge in [-0.25, -0.2) is 9.59 Å². The lowest BCUT2D eigenvalue weighted by atomic mass is 9.98. The Labute approximate surface area is 185 Å². The van der Waals surface area contributed by atoms with Crippen LogP contribution in [-0.2, 0) is 14.3 Å². The molecule has 2 aromatic carbocycles. The molecule has 168 valence electrons. The van der Waals surface area contributed by atoms with Crippen molar-refractivity contribution in [1.82, 2.24) is 10.6 Å². The number of amides is 2. The van der Waals surface area contributed by atoms with Crippen molar-refractivity contribution in [3.63, 3.8) is 0 Å². The Morgan fingerprint density at radius 3 is 2.25 bits per heavy atom. The topological polar surface area (TPSA) is 125 Å². The maximum Gasteiger partial charge on any atom is 0.407 e. The van der Waals surface area contributed by atoms with Gasteiger partial charge in [0.15, 0.2) is 6.10 Å². The summed E-state index contributed by atoms with van der Waals surface area (Å²) in [5.41, 5.74) is 4.61. The van der Waals surface area contributed by atoms with E-state index in [1.807, 2.05) is 24.3 Å². The first kappa shape index (κ1) is 21.8. The highest BCUT2D eigenvalue weighted by Crippen LogP contribution is 2.44. The number of nitrogens with one attached hydrogen (secondary N) is 2. The van der Waals surface area contributed by atoms with Crippen LogP contribution < -0.4 is 10.6 Å². The largest absolute Gasteiger partial charge is 0.479 e. The first-order chi connectivity index (χ1) is 15.4. The molecule has 0 heterocycles. The second-order valence-electron chi connectivity index (χ2n) is 8.28. The Hall–Kier alpha value is -3.39. The minimum Gasteiger partial charge on any atom is -0.479 e. The zero-order valence-electron chi connectivity index (χ0n) is 17.5. The average molecular weight is 438 g/mol. The molecule has 4 rings (SSSR count). The van der Waals surface area contributed by atoms with Crippen molar-refractivity contribution in [3.8, 4) is 11.1 Å². The Bertz CT molecular complexity index is 978. The van der Waals surface area contributed by atoms with Crippen molar-refractivity contribution in [1.29, 1.82) is 0 Å². The van der Waals surface area contributed by atoms with Gasteiger partial charge in [0.1, 0.15) is 6.61 Å². The molecule has 0 saturated heterocycles. The van der Waals surface area contributed by atoms with Crippen molar-refractivity contribution in [3.05, 3.63) is 59.7 Å². The molecule has 2 aromatic rings. The van der Waals surface area contributed by atoms with Crippen LogP contribution >= 0.6 is 0 Å². The molecular weight excluding hydrogens is 412 g/mol. The van der Waals surface area contributed by atoms with Gasteiger partial charge in [-0.2, -0.15) is 0 Å². The van der Waals surface area contributed by atoms with Gasteiger partial charge in [0, 0.05) is 17.9 Å². The van der Waals surface area contributed by atoms with Gasteiger partial charge in [-0.15, -0.1) is 0 Å². The fraction of sp³-hybridized carbons (Fsp3) is 0.375. The summed E-state index contributed by atoms with van der Waals surface area (Å²) >= 11 is 0. The molecule has 32 heavy (non-hydrogen) atoms. The Balaban J connectivity index is 1.27. The van der Waals surface area contributed by atoms with E-state index in [1.165, 1.54) is 0 Å². The maximum absolute atomic E-state index is 12.4. The Kier molecular flexibility index (Phi) is 6.41. The number of fused-ring (bicyclic) bond motifs is 3. The number of hydrogen-bond acceptors (Lipinski definition) is 5. The first-order valence-electron chi connectivity index (χ1n) is 10.7. The lowest BCUT2D eigenvalue weighted by Crippen LogP contribution is -2.39. The SMILES string of the molecule is O=C(N[C@H]1CC[C@@H](C(=O)NC[C@H](O)C(=O)O)C1)OCC1c2ccccc2-c2ccccc21. The second kappa shape index (κ2) is 9.40. The first-order valence-corrected chi connectivity index (χ1v) is 10.7. The van der Waals surface area contributed by atoms with Gasteiger partial charge in [-0.3, -0.25) is 4.79 Å².